The molecule has 0 amide bonds. The first-order chi connectivity index (χ1) is 3.31. The van der Waals surface area contributed by atoms with Gasteiger partial charge >= 0.3 is 0 Å². The van der Waals surface area contributed by atoms with Gasteiger partial charge in [0, 0.05) is 0 Å². The summed E-state index contributed by atoms with van der Waals surface area (Å²) in [5.41, 5.74) is 0. The standard InChI is InChI=1S/C3H6NO2P/c1-2-6-7(5)3-4/h7H,2H2,1H3. The average molecular weight is 119 g/mol. The molecular formula is C3H6NO2P. The predicted molar refractivity (Wildman–Crippen MR) is 26.2 cm³/mol. The molecular weight excluding hydrogens is 113 g/mol. The Balaban J connectivity index is 3.24. The van der Waals surface area contributed by atoms with Gasteiger partial charge in [0.1, 0.15) is 0 Å². The highest BCUT2D eigenvalue weighted by atomic mass is 31.1. The fourth-order valence-electron chi connectivity index (χ4n) is 0.163. The second kappa shape index (κ2) is 3.86. The van der Waals surface area contributed by atoms with Crippen molar-refractivity contribution in [2.75, 3.05) is 6.61 Å². The van der Waals surface area contributed by atoms with E-state index in [2.05, 4.69) is 4.52 Å². The first-order valence-corrected chi connectivity index (χ1v) is 3.19. The zero-order valence-corrected chi connectivity index (χ0v) is 4.97. The minimum Gasteiger partial charge on any atom is -0.321 e. The van der Waals surface area contributed by atoms with Crippen LogP contribution in [0, 0.1) is 11.1 Å². The van der Waals surface area contributed by atoms with Crippen molar-refractivity contribution >= 4 is 8.03 Å². The molecule has 0 spiro atoms. The largest absolute Gasteiger partial charge is 0.321 e. The van der Waals surface area contributed by atoms with E-state index in [1.807, 2.05) is 0 Å². The summed E-state index contributed by atoms with van der Waals surface area (Å²) in [5.74, 6) is 1.49. The van der Waals surface area contributed by atoms with E-state index in [4.69, 9.17) is 5.26 Å². The molecule has 0 N–H and O–H groups in total. The highest BCUT2D eigenvalue weighted by Gasteiger charge is 1.87. The third-order valence-corrected chi connectivity index (χ3v) is 1.10. The van der Waals surface area contributed by atoms with Crippen LogP contribution < -0.4 is 0 Å². The molecule has 0 aromatic carbocycles. The molecule has 0 fully saturated rings. The Kier molecular flexibility index (Phi) is 3.68. The highest BCUT2D eigenvalue weighted by molar-refractivity contribution is 7.44. The van der Waals surface area contributed by atoms with Crippen molar-refractivity contribution in [1.29, 1.82) is 5.26 Å². The average Bonchev–Trinajstić information content (AvgIpc) is 1.68. The van der Waals surface area contributed by atoms with Crippen LogP contribution in [0.15, 0.2) is 0 Å². The molecule has 3 nitrogen and oxygen atoms in total. The predicted octanol–water partition coefficient (Wildman–Crippen LogP) is 0.979. The molecule has 0 radical (unpaired) electrons. The van der Waals surface area contributed by atoms with E-state index in [1.54, 1.807) is 6.92 Å². The lowest BCUT2D eigenvalue weighted by molar-refractivity contribution is 0.357. The molecule has 1 atom stereocenters. The van der Waals surface area contributed by atoms with Gasteiger partial charge in [0.05, 0.1) is 6.61 Å². The smallest absolute Gasteiger partial charge is 0.288 e. The van der Waals surface area contributed by atoms with Crippen molar-refractivity contribution in [1.82, 2.24) is 0 Å². The van der Waals surface area contributed by atoms with Gasteiger partial charge in [0.15, 0.2) is 5.81 Å². The Morgan fingerprint density at radius 1 is 2.00 bits per heavy atom. The molecule has 0 aliphatic rings. The maximum absolute atomic E-state index is 10.0. The van der Waals surface area contributed by atoms with E-state index in [1.165, 1.54) is 5.81 Å². The minimum atomic E-state index is -2.32. The minimum absolute atomic E-state index is 0.353. The molecule has 4 heteroatoms. The zero-order valence-electron chi connectivity index (χ0n) is 3.97. The van der Waals surface area contributed by atoms with Crippen molar-refractivity contribution < 1.29 is 9.09 Å². The number of hydrogen-bond donors (Lipinski definition) is 0. The summed E-state index contributed by atoms with van der Waals surface area (Å²) in [5, 5.41) is 7.82. The van der Waals surface area contributed by atoms with Crippen molar-refractivity contribution in [2.24, 2.45) is 0 Å². The summed E-state index contributed by atoms with van der Waals surface area (Å²) in [6.07, 6.45) is 0. The topological polar surface area (TPSA) is 50.1 Å². The zero-order chi connectivity index (χ0) is 5.70. The van der Waals surface area contributed by atoms with Crippen LogP contribution in [0.3, 0.4) is 0 Å². The summed E-state index contributed by atoms with van der Waals surface area (Å²) in [6, 6.07) is 0. The molecule has 0 aromatic heterocycles. The molecule has 1 unspecified atom stereocenters. The van der Waals surface area contributed by atoms with Gasteiger partial charge < -0.3 is 4.52 Å². The van der Waals surface area contributed by atoms with Crippen LogP contribution in [-0.4, -0.2) is 6.61 Å². The quantitative estimate of drug-likeness (QED) is 0.509. The van der Waals surface area contributed by atoms with Crippen molar-refractivity contribution in [3.63, 3.8) is 0 Å². The van der Waals surface area contributed by atoms with E-state index >= 15 is 0 Å². The summed E-state index contributed by atoms with van der Waals surface area (Å²) in [4.78, 5) is 0. The SMILES string of the molecule is CCO[PH](=O)C#N. The lowest BCUT2D eigenvalue weighted by Gasteiger charge is -1.85. The van der Waals surface area contributed by atoms with E-state index in [9.17, 15) is 4.57 Å². The van der Waals surface area contributed by atoms with Crippen LogP contribution in [0.5, 0.6) is 0 Å². The molecule has 0 aliphatic heterocycles. The first kappa shape index (κ1) is 6.68. The number of rotatable bonds is 2. The summed E-state index contributed by atoms with van der Waals surface area (Å²) < 4.78 is 14.4. The van der Waals surface area contributed by atoms with Gasteiger partial charge in [0.2, 0.25) is 0 Å². The fourth-order valence-corrected chi connectivity index (χ4v) is 0.490. The Morgan fingerprint density at radius 2 is 2.57 bits per heavy atom. The van der Waals surface area contributed by atoms with Crippen LogP contribution >= 0.6 is 8.03 Å². The molecule has 7 heavy (non-hydrogen) atoms. The number of nitrogens with zero attached hydrogens (tertiary/aromatic N) is 1. The van der Waals surface area contributed by atoms with Crippen LogP contribution in [0.4, 0.5) is 0 Å². The van der Waals surface area contributed by atoms with Crippen molar-refractivity contribution in [3.05, 3.63) is 0 Å². The van der Waals surface area contributed by atoms with Crippen LogP contribution in [0.25, 0.3) is 0 Å². The fraction of sp³-hybridized carbons (Fsp3) is 0.667. The molecule has 0 rings (SSSR count). The highest BCUT2D eigenvalue weighted by Crippen LogP contribution is 2.17. The van der Waals surface area contributed by atoms with E-state index in [0.29, 0.717) is 6.61 Å². The monoisotopic (exact) mass is 119 g/mol. The Morgan fingerprint density at radius 3 is 2.71 bits per heavy atom. The molecule has 0 aromatic rings. The summed E-state index contributed by atoms with van der Waals surface area (Å²) in [7, 11) is -2.32. The summed E-state index contributed by atoms with van der Waals surface area (Å²) >= 11 is 0. The van der Waals surface area contributed by atoms with Gasteiger partial charge in [-0.3, -0.25) is 4.57 Å². The second-order valence-electron chi connectivity index (χ2n) is 0.832. The van der Waals surface area contributed by atoms with Gasteiger partial charge in [-0.25, -0.2) is 0 Å². The third kappa shape index (κ3) is 3.51. The maximum atomic E-state index is 10.0. The van der Waals surface area contributed by atoms with Crippen molar-refractivity contribution in [2.45, 2.75) is 6.92 Å². The van der Waals surface area contributed by atoms with Gasteiger partial charge in [0.25, 0.3) is 8.03 Å². The molecule has 0 saturated carbocycles. The Labute approximate surface area is 42.8 Å². The molecule has 0 aliphatic carbocycles. The first-order valence-electron chi connectivity index (χ1n) is 1.88. The van der Waals surface area contributed by atoms with Crippen LogP contribution in [0.1, 0.15) is 6.92 Å². The second-order valence-corrected chi connectivity index (χ2v) is 1.92. The molecule has 0 saturated heterocycles. The van der Waals surface area contributed by atoms with Crippen LogP contribution in [-0.2, 0) is 9.09 Å². The Bertz CT molecular complexity index is 106. The van der Waals surface area contributed by atoms with Gasteiger partial charge in [-0.05, 0) is 6.92 Å². The van der Waals surface area contributed by atoms with Crippen molar-refractivity contribution in [3.8, 4) is 5.81 Å². The number of hydrogen-bond acceptors (Lipinski definition) is 3. The third-order valence-electron chi connectivity index (χ3n) is 0.367. The summed E-state index contributed by atoms with van der Waals surface area (Å²) in [6.45, 7) is 2.05. The lowest BCUT2D eigenvalue weighted by Crippen LogP contribution is -1.72. The van der Waals surface area contributed by atoms with Crippen LogP contribution in [0.2, 0.25) is 0 Å². The van der Waals surface area contributed by atoms with Gasteiger partial charge in [-0.2, -0.15) is 5.26 Å². The number of nitriles is 1. The van der Waals surface area contributed by atoms with Gasteiger partial charge in [-0.15, -0.1) is 0 Å². The van der Waals surface area contributed by atoms with Gasteiger partial charge in [-0.1, -0.05) is 0 Å². The molecule has 40 valence electrons. The molecule has 0 heterocycles. The van der Waals surface area contributed by atoms with E-state index in [-0.39, 0.29) is 0 Å². The normalized spacial score (nSPS) is 12.6. The lowest BCUT2D eigenvalue weighted by atomic mass is 10.9. The van der Waals surface area contributed by atoms with E-state index < -0.39 is 8.03 Å². The van der Waals surface area contributed by atoms with E-state index in [0.717, 1.165) is 0 Å². The maximum Gasteiger partial charge on any atom is 0.288 e. The Hall–Kier alpha value is -0.320. The molecule has 0 bridgehead atoms.